The molecule has 1 N–H and O–H groups in total. The van der Waals surface area contributed by atoms with Crippen molar-refractivity contribution < 1.29 is 14.2 Å². The van der Waals surface area contributed by atoms with Crippen LogP contribution in [0.4, 0.5) is 4.39 Å². The van der Waals surface area contributed by atoms with E-state index in [9.17, 15) is 4.39 Å². The van der Waals surface area contributed by atoms with E-state index in [0.717, 1.165) is 32.2 Å². The monoisotopic (exact) mass is 267 g/mol. The zero-order valence-electron chi connectivity index (χ0n) is 11.4. The first-order valence-electron chi connectivity index (χ1n) is 6.92. The Morgan fingerprint density at radius 2 is 2.32 bits per heavy atom. The van der Waals surface area contributed by atoms with Crippen LogP contribution in [0.3, 0.4) is 0 Å². The van der Waals surface area contributed by atoms with Crippen LogP contribution in [0.15, 0.2) is 18.2 Å². The van der Waals surface area contributed by atoms with Gasteiger partial charge in [-0.25, -0.2) is 4.39 Å². The van der Waals surface area contributed by atoms with Gasteiger partial charge < -0.3 is 9.84 Å². The number of benzene rings is 1. The van der Waals surface area contributed by atoms with Gasteiger partial charge in [0.25, 0.3) is 0 Å². The Hall–Kier alpha value is -1.13. The van der Waals surface area contributed by atoms with Crippen LogP contribution < -0.4 is 4.74 Å². The summed E-state index contributed by atoms with van der Waals surface area (Å²) in [5.74, 6) is 0.0569. The molecule has 1 aliphatic heterocycles. The van der Waals surface area contributed by atoms with Gasteiger partial charge in [0, 0.05) is 24.8 Å². The van der Waals surface area contributed by atoms with E-state index in [2.05, 4.69) is 4.90 Å². The minimum Gasteiger partial charge on any atom is -0.494 e. The molecule has 1 fully saturated rings. The molecule has 0 aromatic heterocycles. The smallest absolute Gasteiger partial charge is 0.169 e. The molecule has 0 saturated carbocycles. The molecule has 0 aliphatic carbocycles. The first-order valence-corrected chi connectivity index (χ1v) is 6.92. The van der Waals surface area contributed by atoms with Crippen LogP contribution in [-0.2, 0) is 6.54 Å². The predicted octanol–water partition coefficient (Wildman–Crippen LogP) is 2.57. The highest BCUT2D eigenvalue weighted by Crippen LogP contribution is 2.26. The molecule has 106 valence electrons. The van der Waals surface area contributed by atoms with Crippen molar-refractivity contribution in [2.45, 2.75) is 38.3 Å². The average Bonchev–Trinajstić information content (AvgIpc) is 2.86. The number of methoxy groups -OCH3 is 1. The first kappa shape index (κ1) is 14.3. The van der Waals surface area contributed by atoms with E-state index in [1.165, 1.54) is 7.11 Å². The number of hydrogen-bond donors (Lipinski definition) is 1. The first-order chi connectivity index (χ1) is 9.26. The quantitative estimate of drug-likeness (QED) is 0.860. The molecule has 2 rings (SSSR count). The molecule has 1 heterocycles. The summed E-state index contributed by atoms with van der Waals surface area (Å²) in [5.41, 5.74) is 0.690. The highest BCUT2D eigenvalue weighted by molar-refractivity contribution is 5.31. The van der Waals surface area contributed by atoms with Crippen molar-refractivity contribution in [3.63, 3.8) is 0 Å². The van der Waals surface area contributed by atoms with Gasteiger partial charge in [-0.2, -0.15) is 0 Å². The van der Waals surface area contributed by atoms with Crippen LogP contribution in [0.5, 0.6) is 5.75 Å². The van der Waals surface area contributed by atoms with Crippen molar-refractivity contribution in [2.75, 3.05) is 20.3 Å². The summed E-state index contributed by atoms with van der Waals surface area (Å²) in [7, 11) is 1.49. The fourth-order valence-electron chi connectivity index (χ4n) is 2.81. The van der Waals surface area contributed by atoms with E-state index < -0.39 is 0 Å². The number of nitrogens with zero attached hydrogens (tertiary/aromatic N) is 1. The number of aliphatic hydroxyl groups is 1. The van der Waals surface area contributed by atoms with E-state index >= 15 is 0 Å². The van der Waals surface area contributed by atoms with Crippen LogP contribution in [0.1, 0.15) is 31.2 Å². The minimum atomic E-state index is -0.252. The lowest BCUT2D eigenvalue weighted by molar-refractivity contribution is 0.207. The molecule has 19 heavy (non-hydrogen) atoms. The molecule has 1 atom stereocenters. The van der Waals surface area contributed by atoms with Gasteiger partial charge in [0.15, 0.2) is 11.6 Å². The Kier molecular flexibility index (Phi) is 5.16. The van der Waals surface area contributed by atoms with Crippen molar-refractivity contribution >= 4 is 0 Å². The van der Waals surface area contributed by atoms with E-state index in [1.807, 2.05) is 12.1 Å². The second kappa shape index (κ2) is 6.87. The maximum atomic E-state index is 14.1. The Morgan fingerprint density at radius 3 is 3.05 bits per heavy atom. The number of ether oxygens (including phenoxy) is 1. The summed E-state index contributed by atoms with van der Waals surface area (Å²) in [6.07, 6.45) is 4.11. The molecule has 1 aromatic rings. The summed E-state index contributed by atoms with van der Waals surface area (Å²) in [6, 6.07) is 5.76. The van der Waals surface area contributed by atoms with Gasteiger partial charge >= 0.3 is 0 Å². The Balaban J connectivity index is 2.03. The number of hydrogen-bond acceptors (Lipinski definition) is 3. The second-order valence-corrected chi connectivity index (χ2v) is 5.07. The van der Waals surface area contributed by atoms with Gasteiger partial charge in [-0.1, -0.05) is 12.1 Å². The number of halogens is 1. The van der Waals surface area contributed by atoms with Crippen molar-refractivity contribution in [1.29, 1.82) is 0 Å². The van der Waals surface area contributed by atoms with E-state index in [-0.39, 0.29) is 12.4 Å². The lowest BCUT2D eigenvalue weighted by Gasteiger charge is -2.24. The summed E-state index contributed by atoms with van der Waals surface area (Å²) in [5, 5.41) is 8.92. The van der Waals surface area contributed by atoms with Crippen molar-refractivity contribution in [3.05, 3.63) is 29.6 Å². The van der Waals surface area contributed by atoms with Crippen molar-refractivity contribution in [2.24, 2.45) is 0 Å². The second-order valence-electron chi connectivity index (χ2n) is 5.07. The molecular weight excluding hydrogens is 245 g/mol. The lowest BCUT2D eigenvalue weighted by Crippen LogP contribution is -2.29. The third-order valence-electron chi connectivity index (χ3n) is 3.83. The van der Waals surface area contributed by atoms with Crippen LogP contribution in [0, 0.1) is 5.82 Å². The van der Waals surface area contributed by atoms with Crippen LogP contribution in [-0.4, -0.2) is 36.3 Å². The summed E-state index contributed by atoms with van der Waals surface area (Å²) in [6.45, 7) is 1.86. The van der Waals surface area contributed by atoms with Gasteiger partial charge in [-0.3, -0.25) is 4.90 Å². The fourth-order valence-corrected chi connectivity index (χ4v) is 2.81. The van der Waals surface area contributed by atoms with E-state index in [1.54, 1.807) is 6.07 Å². The fraction of sp³-hybridized carbons (Fsp3) is 0.600. The summed E-state index contributed by atoms with van der Waals surface area (Å²) < 4.78 is 19.1. The maximum absolute atomic E-state index is 14.1. The molecule has 1 unspecified atom stereocenters. The SMILES string of the molecule is COc1cccc(CN2CCCC2CCCO)c1F. The Morgan fingerprint density at radius 1 is 1.47 bits per heavy atom. The minimum absolute atomic E-state index is 0.234. The molecule has 0 amide bonds. The highest BCUT2D eigenvalue weighted by Gasteiger charge is 2.25. The van der Waals surface area contributed by atoms with Crippen LogP contribution >= 0.6 is 0 Å². The standard InChI is InChI=1S/C15H22FNO2/c1-19-14-8-2-5-12(15(14)16)11-17-9-3-6-13(17)7-4-10-18/h2,5,8,13,18H,3-4,6-7,9-11H2,1H3. The van der Waals surface area contributed by atoms with Crippen LogP contribution in [0.2, 0.25) is 0 Å². The zero-order valence-corrected chi connectivity index (χ0v) is 11.4. The largest absolute Gasteiger partial charge is 0.494 e. The van der Waals surface area contributed by atoms with Crippen molar-refractivity contribution in [3.8, 4) is 5.75 Å². The van der Waals surface area contributed by atoms with Gasteiger partial charge in [0.05, 0.1) is 7.11 Å². The molecule has 0 bridgehead atoms. The van der Waals surface area contributed by atoms with Crippen molar-refractivity contribution in [1.82, 2.24) is 4.90 Å². The third-order valence-corrected chi connectivity index (χ3v) is 3.83. The summed E-state index contributed by atoms with van der Waals surface area (Å²) in [4.78, 5) is 2.31. The Bertz CT molecular complexity index is 411. The normalized spacial score (nSPS) is 19.8. The summed E-state index contributed by atoms with van der Waals surface area (Å²) >= 11 is 0. The number of rotatable bonds is 6. The molecule has 4 heteroatoms. The van der Waals surface area contributed by atoms with E-state index in [0.29, 0.717) is 23.9 Å². The highest BCUT2D eigenvalue weighted by atomic mass is 19.1. The molecule has 3 nitrogen and oxygen atoms in total. The van der Waals surface area contributed by atoms with Gasteiger partial charge in [0.1, 0.15) is 0 Å². The lowest BCUT2D eigenvalue weighted by atomic mass is 10.1. The molecular formula is C15H22FNO2. The topological polar surface area (TPSA) is 32.7 Å². The zero-order chi connectivity index (χ0) is 13.7. The molecule has 1 aromatic carbocycles. The third kappa shape index (κ3) is 3.45. The van der Waals surface area contributed by atoms with Gasteiger partial charge in [-0.15, -0.1) is 0 Å². The average molecular weight is 267 g/mol. The van der Waals surface area contributed by atoms with E-state index in [4.69, 9.17) is 9.84 Å². The predicted molar refractivity (Wildman–Crippen MR) is 72.7 cm³/mol. The molecule has 0 radical (unpaired) electrons. The number of likely N-dealkylation sites (tertiary alicyclic amines) is 1. The maximum Gasteiger partial charge on any atom is 0.169 e. The van der Waals surface area contributed by atoms with Gasteiger partial charge in [-0.05, 0) is 38.3 Å². The molecule has 0 spiro atoms. The molecule has 1 aliphatic rings. The van der Waals surface area contributed by atoms with Crippen LogP contribution in [0.25, 0.3) is 0 Å². The number of aliphatic hydroxyl groups excluding tert-OH is 1. The van der Waals surface area contributed by atoms with Gasteiger partial charge in [0.2, 0.25) is 0 Å². The molecule has 1 saturated heterocycles. The Labute approximate surface area is 114 Å².